The lowest BCUT2D eigenvalue weighted by atomic mass is 10.0. The summed E-state index contributed by atoms with van der Waals surface area (Å²) in [4.78, 5) is 0. The van der Waals surface area contributed by atoms with Crippen LogP contribution in [0.3, 0.4) is 0 Å². The summed E-state index contributed by atoms with van der Waals surface area (Å²) in [7, 11) is -1.58. The van der Waals surface area contributed by atoms with Crippen LogP contribution in [0.5, 0.6) is 0 Å². The van der Waals surface area contributed by atoms with E-state index < -0.39 is 8.32 Å². The first-order valence-electron chi connectivity index (χ1n) is 6.91. The molecular formula is C15H32OSi. The van der Waals surface area contributed by atoms with Gasteiger partial charge >= 0.3 is 0 Å². The predicted octanol–water partition coefficient (Wildman–Crippen LogP) is 5.39. The second-order valence-corrected chi connectivity index (χ2v) is 11.6. The number of hydrogen-bond donors (Lipinski definition) is 0. The van der Waals surface area contributed by atoms with E-state index in [0.29, 0.717) is 11.0 Å². The Bertz CT molecular complexity index is 248. The molecule has 0 aromatic heterocycles. The Kier molecular flexibility index (Phi) is 6.71. The molecule has 0 saturated heterocycles. The molecule has 0 aliphatic carbocycles. The van der Waals surface area contributed by atoms with Gasteiger partial charge in [0.2, 0.25) is 0 Å². The molecule has 0 aliphatic rings. The average molecular weight is 257 g/mol. The molecule has 0 fully saturated rings. The van der Waals surface area contributed by atoms with Crippen molar-refractivity contribution >= 4 is 8.32 Å². The molecule has 0 bridgehead atoms. The van der Waals surface area contributed by atoms with E-state index in [1.807, 2.05) is 0 Å². The Morgan fingerprint density at radius 3 is 2.24 bits per heavy atom. The summed E-state index contributed by atoms with van der Waals surface area (Å²) in [5.41, 5.74) is 1.38. The molecule has 102 valence electrons. The lowest BCUT2D eigenvalue weighted by Crippen LogP contribution is -2.41. The fourth-order valence-electron chi connectivity index (χ4n) is 1.58. The van der Waals surface area contributed by atoms with E-state index in [-0.39, 0.29) is 0 Å². The third kappa shape index (κ3) is 6.42. The van der Waals surface area contributed by atoms with Crippen LogP contribution in [-0.2, 0) is 4.43 Å². The summed E-state index contributed by atoms with van der Waals surface area (Å²) in [6.07, 6.45) is 4.90. The third-order valence-electron chi connectivity index (χ3n) is 3.78. The minimum absolute atomic E-state index is 0.308. The highest BCUT2D eigenvalue weighted by Crippen LogP contribution is 2.36. The molecule has 0 spiro atoms. The lowest BCUT2D eigenvalue weighted by Gasteiger charge is -2.36. The van der Waals surface area contributed by atoms with E-state index in [1.54, 1.807) is 0 Å². The van der Waals surface area contributed by atoms with Gasteiger partial charge in [0.05, 0.1) is 6.61 Å². The van der Waals surface area contributed by atoms with Crippen LogP contribution >= 0.6 is 0 Å². The topological polar surface area (TPSA) is 9.23 Å². The maximum absolute atomic E-state index is 6.21. The molecule has 0 rings (SSSR count). The van der Waals surface area contributed by atoms with Crippen molar-refractivity contribution in [3.8, 4) is 0 Å². The van der Waals surface area contributed by atoms with E-state index in [1.165, 1.54) is 18.4 Å². The van der Waals surface area contributed by atoms with Crippen LogP contribution in [0.4, 0.5) is 0 Å². The highest BCUT2D eigenvalue weighted by Gasteiger charge is 2.36. The van der Waals surface area contributed by atoms with Gasteiger partial charge in [-0.3, -0.25) is 0 Å². The van der Waals surface area contributed by atoms with Crippen molar-refractivity contribution in [2.24, 2.45) is 5.92 Å². The van der Waals surface area contributed by atoms with Crippen molar-refractivity contribution in [1.29, 1.82) is 0 Å². The quantitative estimate of drug-likeness (QED) is 0.457. The molecule has 1 atom stereocenters. The van der Waals surface area contributed by atoms with Crippen LogP contribution in [0.25, 0.3) is 0 Å². The maximum Gasteiger partial charge on any atom is 0.192 e. The van der Waals surface area contributed by atoms with E-state index in [2.05, 4.69) is 60.7 Å². The van der Waals surface area contributed by atoms with Crippen molar-refractivity contribution in [3.05, 3.63) is 11.6 Å². The molecule has 0 aromatic rings. The molecule has 0 amide bonds. The Hall–Kier alpha value is -0.0831. The Labute approximate surface area is 110 Å². The molecule has 17 heavy (non-hydrogen) atoms. The van der Waals surface area contributed by atoms with Crippen molar-refractivity contribution in [2.75, 3.05) is 6.61 Å². The Morgan fingerprint density at radius 1 is 1.29 bits per heavy atom. The van der Waals surface area contributed by atoms with Gasteiger partial charge in [0, 0.05) is 0 Å². The second kappa shape index (κ2) is 6.74. The molecule has 0 N–H and O–H groups in total. The van der Waals surface area contributed by atoms with Gasteiger partial charge in [-0.15, -0.1) is 0 Å². The zero-order chi connectivity index (χ0) is 13.7. The fourth-order valence-corrected chi connectivity index (χ4v) is 2.60. The molecule has 1 nitrogen and oxygen atoms in total. The van der Waals surface area contributed by atoms with Gasteiger partial charge in [-0.25, -0.2) is 0 Å². The van der Waals surface area contributed by atoms with E-state index in [9.17, 15) is 0 Å². The van der Waals surface area contributed by atoms with Crippen molar-refractivity contribution in [3.63, 3.8) is 0 Å². The first-order chi connectivity index (χ1) is 7.60. The molecule has 0 aliphatic heterocycles. The van der Waals surface area contributed by atoms with Gasteiger partial charge in [0.25, 0.3) is 0 Å². The van der Waals surface area contributed by atoms with Crippen molar-refractivity contribution in [1.82, 2.24) is 0 Å². The fraction of sp³-hybridized carbons (Fsp3) is 0.867. The molecule has 0 heterocycles. The van der Waals surface area contributed by atoms with Gasteiger partial charge in [0.15, 0.2) is 8.32 Å². The van der Waals surface area contributed by atoms with Crippen LogP contribution in [-0.4, -0.2) is 14.9 Å². The minimum Gasteiger partial charge on any atom is -0.413 e. The van der Waals surface area contributed by atoms with Crippen LogP contribution in [0.1, 0.15) is 54.4 Å². The van der Waals surface area contributed by atoms with Gasteiger partial charge in [-0.05, 0) is 37.4 Å². The summed E-state index contributed by atoms with van der Waals surface area (Å²) in [5.74, 6) is 0.683. The monoisotopic (exact) mass is 256 g/mol. The zero-order valence-corrected chi connectivity index (χ0v) is 14.2. The molecular weight excluding hydrogens is 224 g/mol. The average Bonchev–Trinajstić information content (AvgIpc) is 2.13. The zero-order valence-electron chi connectivity index (χ0n) is 13.2. The predicted molar refractivity (Wildman–Crippen MR) is 81.0 cm³/mol. The van der Waals surface area contributed by atoms with Crippen LogP contribution in [0.2, 0.25) is 18.1 Å². The van der Waals surface area contributed by atoms with E-state index >= 15 is 0 Å². The smallest absolute Gasteiger partial charge is 0.192 e. The van der Waals surface area contributed by atoms with E-state index in [0.717, 1.165) is 6.61 Å². The molecule has 0 aromatic carbocycles. The van der Waals surface area contributed by atoms with Crippen LogP contribution in [0, 0.1) is 5.92 Å². The number of allylic oxidation sites excluding steroid dienone is 1. The highest BCUT2D eigenvalue weighted by molar-refractivity contribution is 6.74. The standard InChI is InChI=1S/C15H32OSi/c1-9-10-13(2)11-14(3)12-16-17(7,8)15(4,5)6/h11,13H,9-10,12H2,1-8H3/b14-11+. The van der Waals surface area contributed by atoms with Gasteiger partial charge in [0.1, 0.15) is 0 Å². The van der Waals surface area contributed by atoms with Crippen LogP contribution < -0.4 is 0 Å². The molecule has 0 saturated carbocycles. The SMILES string of the molecule is CCCC(C)/C=C(\C)CO[Si](C)(C)C(C)(C)C. The Morgan fingerprint density at radius 2 is 1.82 bits per heavy atom. The normalized spacial score (nSPS) is 16.1. The summed E-state index contributed by atoms with van der Waals surface area (Å²) in [6.45, 7) is 19.0. The third-order valence-corrected chi connectivity index (χ3v) is 8.26. The maximum atomic E-state index is 6.21. The number of hydrogen-bond acceptors (Lipinski definition) is 1. The Balaban J connectivity index is 4.29. The largest absolute Gasteiger partial charge is 0.413 e. The molecule has 1 unspecified atom stereocenters. The molecule has 2 heteroatoms. The van der Waals surface area contributed by atoms with Gasteiger partial charge < -0.3 is 4.43 Å². The summed E-state index contributed by atoms with van der Waals surface area (Å²) < 4.78 is 6.21. The summed E-state index contributed by atoms with van der Waals surface area (Å²) in [5, 5.41) is 0.308. The lowest BCUT2D eigenvalue weighted by molar-refractivity contribution is 0.317. The first kappa shape index (κ1) is 16.9. The van der Waals surface area contributed by atoms with Crippen molar-refractivity contribution in [2.45, 2.75) is 72.5 Å². The van der Waals surface area contributed by atoms with Gasteiger partial charge in [-0.1, -0.05) is 52.7 Å². The summed E-state index contributed by atoms with van der Waals surface area (Å²) in [6, 6.07) is 0. The van der Waals surface area contributed by atoms with Crippen LogP contribution in [0.15, 0.2) is 11.6 Å². The number of rotatable bonds is 6. The first-order valence-corrected chi connectivity index (χ1v) is 9.82. The van der Waals surface area contributed by atoms with E-state index in [4.69, 9.17) is 4.43 Å². The summed E-state index contributed by atoms with van der Waals surface area (Å²) >= 11 is 0. The van der Waals surface area contributed by atoms with Gasteiger partial charge in [-0.2, -0.15) is 0 Å². The minimum atomic E-state index is -1.58. The second-order valence-electron chi connectivity index (χ2n) is 6.83. The van der Waals surface area contributed by atoms with Crippen molar-refractivity contribution < 1.29 is 4.43 Å². The highest BCUT2D eigenvalue weighted by atomic mass is 28.4. The molecule has 0 radical (unpaired) electrons.